The van der Waals surface area contributed by atoms with E-state index < -0.39 is 12.1 Å². The lowest BCUT2D eigenvalue weighted by Gasteiger charge is -2.26. The van der Waals surface area contributed by atoms with Gasteiger partial charge in [0.2, 0.25) is 0 Å². The molecular formula is C22H22N2O3S. The van der Waals surface area contributed by atoms with Gasteiger partial charge in [0.05, 0.1) is 11.2 Å². The predicted molar refractivity (Wildman–Crippen MR) is 109 cm³/mol. The predicted octanol–water partition coefficient (Wildman–Crippen LogP) is 4.23. The van der Waals surface area contributed by atoms with Crippen LogP contribution in [0.25, 0.3) is 0 Å². The van der Waals surface area contributed by atoms with Crippen LogP contribution in [0.5, 0.6) is 0 Å². The lowest BCUT2D eigenvalue weighted by atomic mass is 10.1. The number of carbonyl (C=O) groups excluding carboxylic acids is 2. The van der Waals surface area contributed by atoms with Crippen LogP contribution in [-0.4, -0.2) is 27.9 Å². The largest absolute Gasteiger partial charge is 0.448 e. The van der Waals surface area contributed by atoms with E-state index >= 15 is 0 Å². The summed E-state index contributed by atoms with van der Waals surface area (Å²) in [5, 5.41) is 0.778. The summed E-state index contributed by atoms with van der Waals surface area (Å²) in [6.45, 7) is 4.31. The molecule has 2 aromatic carbocycles. The molecule has 1 unspecified atom stereocenters. The van der Waals surface area contributed by atoms with Gasteiger partial charge in [-0.3, -0.25) is 4.79 Å². The summed E-state index contributed by atoms with van der Waals surface area (Å²) in [6, 6.07) is 19.5. The van der Waals surface area contributed by atoms with Gasteiger partial charge < -0.3 is 9.64 Å². The molecule has 0 aliphatic rings. The summed E-state index contributed by atoms with van der Waals surface area (Å²) in [7, 11) is 0. The number of hydrogen-bond acceptors (Lipinski definition) is 5. The molecule has 3 rings (SSSR count). The number of ether oxygens (including phenoxy) is 1. The van der Waals surface area contributed by atoms with Crippen molar-refractivity contribution in [2.45, 2.75) is 33.0 Å². The van der Waals surface area contributed by atoms with Gasteiger partial charge in [0.15, 0.2) is 6.10 Å². The highest BCUT2D eigenvalue weighted by atomic mass is 32.1. The summed E-state index contributed by atoms with van der Waals surface area (Å²) in [4.78, 5) is 31.5. The molecule has 28 heavy (non-hydrogen) atoms. The zero-order valence-corrected chi connectivity index (χ0v) is 16.7. The Hall–Kier alpha value is -2.99. The second-order valence-electron chi connectivity index (χ2n) is 6.46. The molecular weight excluding hydrogens is 372 g/mol. The monoisotopic (exact) mass is 394 g/mol. The maximum Gasteiger partial charge on any atom is 0.350 e. The van der Waals surface area contributed by atoms with Crippen molar-refractivity contribution in [3.8, 4) is 0 Å². The SMILES string of the molecule is Cc1ncc(C(=O)OC(C)C(=O)N(Cc2ccccc2)Cc2ccccc2)s1. The summed E-state index contributed by atoms with van der Waals surface area (Å²) in [6.07, 6.45) is 0.591. The van der Waals surface area contributed by atoms with Gasteiger partial charge in [-0.05, 0) is 25.0 Å². The molecule has 1 amide bonds. The Balaban J connectivity index is 1.73. The van der Waals surface area contributed by atoms with Crippen LogP contribution in [0.3, 0.4) is 0 Å². The number of amides is 1. The highest BCUT2D eigenvalue weighted by Crippen LogP contribution is 2.16. The van der Waals surface area contributed by atoms with E-state index in [1.165, 1.54) is 17.5 Å². The summed E-state index contributed by atoms with van der Waals surface area (Å²) in [5.41, 5.74) is 2.03. The van der Waals surface area contributed by atoms with Gasteiger partial charge >= 0.3 is 5.97 Å². The van der Waals surface area contributed by atoms with Crippen molar-refractivity contribution in [3.63, 3.8) is 0 Å². The molecule has 6 heteroatoms. The van der Waals surface area contributed by atoms with E-state index in [4.69, 9.17) is 4.74 Å². The van der Waals surface area contributed by atoms with E-state index in [2.05, 4.69) is 4.98 Å². The Morgan fingerprint density at radius 2 is 1.54 bits per heavy atom. The van der Waals surface area contributed by atoms with Crippen LogP contribution in [0.2, 0.25) is 0 Å². The van der Waals surface area contributed by atoms with Crippen LogP contribution in [0.4, 0.5) is 0 Å². The first-order chi connectivity index (χ1) is 13.5. The normalized spacial score (nSPS) is 11.6. The number of hydrogen-bond donors (Lipinski definition) is 0. The van der Waals surface area contributed by atoms with E-state index in [0.29, 0.717) is 18.0 Å². The zero-order chi connectivity index (χ0) is 19.9. The first kappa shape index (κ1) is 19.8. The van der Waals surface area contributed by atoms with Crippen molar-refractivity contribution in [1.29, 1.82) is 0 Å². The minimum atomic E-state index is -0.887. The van der Waals surface area contributed by atoms with Gasteiger partial charge in [-0.1, -0.05) is 60.7 Å². The van der Waals surface area contributed by atoms with E-state index in [1.54, 1.807) is 11.8 Å². The Labute approximate surface area is 168 Å². The summed E-state index contributed by atoms with van der Waals surface area (Å²) >= 11 is 1.25. The van der Waals surface area contributed by atoms with E-state index in [1.807, 2.05) is 67.6 Å². The van der Waals surface area contributed by atoms with Crippen molar-refractivity contribution in [3.05, 3.63) is 87.9 Å². The lowest BCUT2D eigenvalue weighted by molar-refractivity contribution is -0.141. The molecule has 1 heterocycles. The third-order valence-corrected chi connectivity index (χ3v) is 5.09. The molecule has 0 bridgehead atoms. The minimum absolute atomic E-state index is 0.234. The fourth-order valence-corrected chi connectivity index (χ4v) is 3.46. The fourth-order valence-electron chi connectivity index (χ4n) is 2.80. The molecule has 0 fully saturated rings. The topological polar surface area (TPSA) is 59.5 Å². The van der Waals surface area contributed by atoms with Gasteiger partial charge in [-0.25, -0.2) is 9.78 Å². The van der Waals surface area contributed by atoms with E-state index in [9.17, 15) is 9.59 Å². The molecule has 1 atom stereocenters. The molecule has 3 aromatic rings. The third kappa shape index (κ3) is 5.27. The van der Waals surface area contributed by atoms with Crippen molar-refractivity contribution >= 4 is 23.2 Å². The second kappa shape index (κ2) is 9.28. The van der Waals surface area contributed by atoms with Crippen LogP contribution in [0, 0.1) is 6.92 Å². The van der Waals surface area contributed by atoms with Gasteiger partial charge in [0.25, 0.3) is 5.91 Å². The molecule has 0 saturated carbocycles. The second-order valence-corrected chi connectivity index (χ2v) is 7.69. The minimum Gasteiger partial charge on any atom is -0.448 e. The van der Waals surface area contributed by atoms with Crippen molar-refractivity contribution in [1.82, 2.24) is 9.88 Å². The fraction of sp³-hybridized carbons (Fsp3) is 0.227. The molecule has 5 nitrogen and oxygen atoms in total. The average Bonchev–Trinajstić information content (AvgIpc) is 3.15. The Kier molecular flexibility index (Phi) is 6.55. The quantitative estimate of drug-likeness (QED) is 0.563. The van der Waals surface area contributed by atoms with Crippen molar-refractivity contribution in [2.24, 2.45) is 0 Å². The maximum atomic E-state index is 13.1. The van der Waals surface area contributed by atoms with E-state index in [0.717, 1.165) is 16.1 Å². The summed E-state index contributed by atoms with van der Waals surface area (Å²) < 4.78 is 5.41. The molecule has 0 saturated heterocycles. The molecule has 0 radical (unpaired) electrons. The number of aromatic nitrogens is 1. The number of nitrogens with zero attached hydrogens (tertiary/aromatic N) is 2. The average molecular weight is 394 g/mol. The Morgan fingerprint density at radius 1 is 1.00 bits per heavy atom. The first-order valence-electron chi connectivity index (χ1n) is 9.03. The Morgan fingerprint density at radius 3 is 2.00 bits per heavy atom. The third-order valence-electron chi connectivity index (χ3n) is 4.20. The van der Waals surface area contributed by atoms with Crippen LogP contribution in [0.15, 0.2) is 66.9 Å². The van der Waals surface area contributed by atoms with Gasteiger partial charge in [-0.15, -0.1) is 11.3 Å². The van der Waals surface area contributed by atoms with Crippen LogP contribution >= 0.6 is 11.3 Å². The number of thiazole rings is 1. The van der Waals surface area contributed by atoms with Crippen LogP contribution in [0.1, 0.15) is 32.7 Å². The standard InChI is InChI=1S/C22H22N2O3S/c1-16(27-22(26)20-13-23-17(2)28-20)21(25)24(14-18-9-5-3-6-10-18)15-19-11-7-4-8-12-19/h3-13,16H,14-15H2,1-2H3. The molecule has 1 aromatic heterocycles. The summed E-state index contributed by atoms with van der Waals surface area (Å²) in [5.74, 6) is -0.756. The highest BCUT2D eigenvalue weighted by Gasteiger charge is 2.25. The highest BCUT2D eigenvalue weighted by molar-refractivity contribution is 7.13. The van der Waals surface area contributed by atoms with Crippen LogP contribution in [-0.2, 0) is 22.6 Å². The molecule has 0 aliphatic carbocycles. The molecule has 144 valence electrons. The maximum absolute atomic E-state index is 13.1. The molecule has 0 spiro atoms. The molecule has 0 N–H and O–H groups in total. The van der Waals surface area contributed by atoms with Gasteiger partial charge in [-0.2, -0.15) is 0 Å². The lowest BCUT2D eigenvalue weighted by Crippen LogP contribution is -2.39. The van der Waals surface area contributed by atoms with Gasteiger partial charge in [0, 0.05) is 13.1 Å². The van der Waals surface area contributed by atoms with Crippen molar-refractivity contribution < 1.29 is 14.3 Å². The first-order valence-corrected chi connectivity index (χ1v) is 9.84. The van der Waals surface area contributed by atoms with Crippen LogP contribution < -0.4 is 0 Å². The number of aryl methyl sites for hydroxylation is 1. The van der Waals surface area contributed by atoms with Crippen molar-refractivity contribution in [2.75, 3.05) is 0 Å². The number of carbonyl (C=O) groups is 2. The van der Waals surface area contributed by atoms with Gasteiger partial charge in [0.1, 0.15) is 4.88 Å². The van der Waals surface area contributed by atoms with E-state index in [-0.39, 0.29) is 5.91 Å². The number of esters is 1. The number of rotatable bonds is 7. The zero-order valence-electron chi connectivity index (χ0n) is 15.9. The number of benzene rings is 2. The smallest absolute Gasteiger partial charge is 0.350 e. The Bertz CT molecular complexity index is 884. The molecule has 0 aliphatic heterocycles.